The van der Waals surface area contributed by atoms with Crippen molar-refractivity contribution in [2.45, 2.75) is 51.5 Å². The highest BCUT2D eigenvalue weighted by molar-refractivity contribution is 5.75. The van der Waals surface area contributed by atoms with Crippen LogP contribution in [-0.4, -0.2) is 48.1 Å². The number of rotatable bonds is 1. The molecule has 0 aromatic rings. The fraction of sp³-hybridized carbons (Fsp3) is 0.929. The molecular weight excluding hydrogens is 226 g/mol. The topological polar surface area (TPSA) is 49.6 Å². The van der Waals surface area contributed by atoms with E-state index >= 15 is 0 Å². The molecule has 2 rings (SSSR count). The van der Waals surface area contributed by atoms with Crippen LogP contribution in [0.4, 0.5) is 4.79 Å². The number of nitrogens with two attached hydrogens (primary N) is 1. The average molecular weight is 253 g/mol. The Morgan fingerprint density at radius 2 is 1.83 bits per heavy atom. The van der Waals surface area contributed by atoms with Gasteiger partial charge in [0.15, 0.2) is 0 Å². The maximum Gasteiger partial charge on any atom is 0.320 e. The SMILES string of the molecule is CC1CCN(C(=O)N2CCCCCC2)C(CN)C1. The van der Waals surface area contributed by atoms with Crippen LogP contribution in [0, 0.1) is 5.92 Å². The van der Waals surface area contributed by atoms with Gasteiger partial charge in [0, 0.05) is 32.2 Å². The first-order chi connectivity index (χ1) is 8.72. The van der Waals surface area contributed by atoms with Gasteiger partial charge in [0.05, 0.1) is 0 Å². The summed E-state index contributed by atoms with van der Waals surface area (Å²) in [7, 11) is 0. The smallest absolute Gasteiger partial charge is 0.320 e. The first kappa shape index (κ1) is 13.7. The summed E-state index contributed by atoms with van der Waals surface area (Å²) in [5.41, 5.74) is 5.84. The molecule has 2 N–H and O–H groups in total. The van der Waals surface area contributed by atoms with Gasteiger partial charge in [-0.2, -0.15) is 0 Å². The number of likely N-dealkylation sites (tertiary alicyclic amines) is 2. The Morgan fingerprint density at radius 1 is 1.17 bits per heavy atom. The number of hydrogen-bond acceptors (Lipinski definition) is 2. The second kappa shape index (κ2) is 6.41. The average Bonchev–Trinajstić information content (AvgIpc) is 2.66. The van der Waals surface area contributed by atoms with Crippen molar-refractivity contribution in [1.29, 1.82) is 0 Å². The highest BCUT2D eigenvalue weighted by Gasteiger charge is 2.31. The first-order valence-corrected chi connectivity index (χ1v) is 7.48. The van der Waals surface area contributed by atoms with Gasteiger partial charge in [-0.15, -0.1) is 0 Å². The van der Waals surface area contributed by atoms with Gasteiger partial charge < -0.3 is 15.5 Å². The Bertz CT molecular complexity index is 274. The second-order valence-corrected chi connectivity index (χ2v) is 5.90. The predicted molar refractivity (Wildman–Crippen MR) is 73.4 cm³/mol. The molecule has 104 valence electrons. The molecule has 0 aromatic heterocycles. The molecule has 2 atom stereocenters. The molecule has 0 spiro atoms. The zero-order chi connectivity index (χ0) is 13.0. The van der Waals surface area contributed by atoms with Crippen molar-refractivity contribution < 1.29 is 4.79 Å². The maximum absolute atomic E-state index is 12.6. The normalized spacial score (nSPS) is 30.1. The molecule has 2 heterocycles. The molecule has 4 nitrogen and oxygen atoms in total. The molecule has 2 saturated heterocycles. The van der Waals surface area contributed by atoms with E-state index in [4.69, 9.17) is 5.73 Å². The molecule has 4 heteroatoms. The molecule has 2 aliphatic rings. The minimum atomic E-state index is 0.235. The molecule has 0 radical (unpaired) electrons. The van der Waals surface area contributed by atoms with Gasteiger partial charge in [0.1, 0.15) is 0 Å². The Hall–Kier alpha value is -0.770. The summed E-state index contributed by atoms with van der Waals surface area (Å²) in [4.78, 5) is 16.7. The summed E-state index contributed by atoms with van der Waals surface area (Å²) < 4.78 is 0. The van der Waals surface area contributed by atoms with Crippen molar-refractivity contribution in [3.8, 4) is 0 Å². The van der Waals surface area contributed by atoms with Gasteiger partial charge in [0.25, 0.3) is 0 Å². The van der Waals surface area contributed by atoms with Gasteiger partial charge in [-0.05, 0) is 31.6 Å². The number of piperidine rings is 1. The van der Waals surface area contributed by atoms with Crippen LogP contribution in [0.1, 0.15) is 45.4 Å². The molecule has 0 saturated carbocycles. The van der Waals surface area contributed by atoms with Gasteiger partial charge in [-0.1, -0.05) is 19.8 Å². The fourth-order valence-corrected chi connectivity index (χ4v) is 3.17. The summed E-state index contributed by atoms with van der Waals surface area (Å²) in [6.45, 7) is 5.61. The molecule has 2 aliphatic heterocycles. The van der Waals surface area contributed by atoms with Gasteiger partial charge in [0.2, 0.25) is 0 Å². The van der Waals surface area contributed by atoms with Crippen LogP contribution in [0.5, 0.6) is 0 Å². The van der Waals surface area contributed by atoms with Crippen molar-refractivity contribution >= 4 is 6.03 Å². The summed E-state index contributed by atoms with van der Waals surface area (Å²) >= 11 is 0. The predicted octanol–water partition coefficient (Wildman–Crippen LogP) is 2.04. The van der Waals surface area contributed by atoms with Crippen LogP contribution in [0.15, 0.2) is 0 Å². The fourth-order valence-electron chi connectivity index (χ4n) is 3.17. The number of amides is 2. The zero-order valence-corrected chi connectivity index (χ0v) is 11.6. The highest BCUT2D eigenvalue weighted by Crippen LogP contribution is 2.23. The Labute approximate surface area is 110 Å². The van der Waals surface area contributed by atoms with Crippen molar-refractivity contribution in [1.82, 2.24) is 9.80 Å². The third-order valence-electron chi connectivity index (χ3n) is 4.37. The standard InChI is InChI=1S/C14H27N3O/c1-12-6-9-17(13(10-12)11-15)14(18)16-7-4-2-3-5-8-16/h12-13H,2-11,15H2,1H3. The van der Waals surface area contributed by atoms with Gasteiger partial charge in [-0.3, -0.25) is 0 Å². The Morgan fingerprint density at radius 3 is 2.44 bits per heavy atom. The Kier molecular flexibility index (Phi) is 4.87. The molecule has 2 fully saturated rings. The lowest BCUT2D eigenvalue weighted by Gasteiger charge is -2.40. The van der Waals surface area contributed by atoms with Crippen LogP contribution in [0.25, 0.3) is 0 Å². The highest BCUT2D eigenvalue weighted by atomic mass is 16.2. The number of urea groups is 1. The zero-order valence-electron chi connectivity index (χ0n) is 11.6. The second-order valence-electron chi connectivity index (χ2n) is 5.90. The summed E-state index contributed by atoms with van der Waals surface area (Å²) in [5, 5.41) is 0. The quantitative estimate of drug-likeness (QED) is 0.777. The number of nitrogens with zero attached hydrogens (tertiary/aromatic N) is 2. The van der Waals surface area contributed by atoms with E-state index in [1.807, 2.05) is 9.80 Å². The van der Waals surface area contributed by atoms with E-state index in [1.165, 1.54) is 12.8 Å². The number of carbonyl (C=O) groups excluding carboxylic acids is 1. The summed E-state index contributed by atoms with van der Waals surface area (Å²) in [5.74, 6) is 0.701. The number of carbonyl (C=O) groups is 1. The van der Waals surface area contributed by atoms with Crippen LogP contribution in [0.3, 0.4) is 0 Å². The van der Waals surface area contributed by atoms with Crippen LogP contribution < -0.4 is 5.73 Å². The van der Waals surface area contributed by atoms with Gasteiger partial charge >= 0.3 is 6.03 Å². The molecule has 18 heavy (non-hydrogen) atoms. The third kappa shape index (κ3) is 3.16. The molecule has 0 aliphatic carbocycles. The van der Waals surface area contributed by atoms with Crippen LogP contribution >= 0.6 is 0 Å². The lowest BCUT2D eigenvalue weighted by atomic mass is 9.92. The third-order valence-corrected chi connectivity index (χ3v) is 4.37. The lowest BCUT2D eigenvalue weighted by Crippen LogP contribution is -2.54. The van der Waals surface area contributed by atoms with E-state index in [1.54, 1.807) is 0 Å². The van der Waals surface area contributed by atoms with Gasteiger partial charge in [-0.25, -0.2) is 4.79 Å². The maximum atomic E-state index is 12.6. The van der Waals surface area contributed by atoms with Crippen LogP contribution in [0.2, 0.25) is 0 Å². The van der Waals surface area contributed by atoms with Crippen LogP contribution in [-0.2, 0) is 0 Å². The first-order valence-electron chi connectivity index (χ1n) is 7.48. The largest absolute Gasteiger partial charge is 0.328 e. The van der Waals surface area contributed by atoms with E-state index in [0.717, 1.165) is 45.3 Å². The monoisotopic (exact) mass is 253 g/mol. The van der Waals surface area contributed by atoms with E-state index in [9.17, 15) is 4.79 Å². The molecule has 0 aromatic carbocycles. The summed E-state index contributed by atoms with van der Waals surface area (Å²) in [6, 6.07) is 0.490. The molecule has 2 amide bonds. The van der Waals surface area contributed by atoms with E-state index in [-0.39, 0.29) is 12.1 Å². The van der Waals surface area contributed by atoms with Crippen molar-refractivity contribution in [2.24, 2.45) is 11.7 Å². The number of hydrogen-bond donors (Lipinski definition) is 1. The Balaban J connectivity index is 1.97. The molecule has 2 unspecified atom stereocenters. The summed E-state index contributed by atoms with van der Waals surface area (Å²) in [6.07, 6.45) is 7.03. The lowest BCUT2D eigenvalue weighted by molar-refractivity contribution is 0.105. The minimum Gasteiger partial charge on any atom is -0.328 e. The molecular formula is C14H27N3O. The molecule has 0 bridgehead atoms. The van der Waals surface area contributed by atoms with E-state index in [2.05, 4.69) is 6.92 Å². The minimum absolute atomic E-state index is 0.235. The van der Waals surface area contributed by atoms with Crippen molar-refractivity contribution in [3.05, 3.63) is 0 Å². The van der Waals surface area contributed by atoms with Crippen molar-refractivity contribution in [3.63, 3.8) is 0 Å². The van der Waals surface area contributed by atoms with E-state index < -0.39 is 0 Å². The van der Waals surface area contributed by atoms with Crippen molar-refractivity contribution in [2.75, 3.05) is 26.2 Å². The van der Waals surface area contributed by atoms with E-state index in [0.29, 0.717) is 12.5 Å².